The lowest BCUT2D eigenvalue weighted by atomic mass is 10.0. The van der Waals surface area contributed by atoms with Crippen LogP contribution in [0.25, 0.3) is 22.0 Å². The Morgan fingerprint density at radius 2 is 2.00 bits per heavy atom. The number of nitrogens with one attached hydrogen (secondary N) is 2. The van der Waals surface area contributed by atoms with Gasteiger partial charge in [0.25, 0.3) is 11.5 Å². The van der Waals surface area contributed by atoms with Crippen molar-refractivity contribution in [2.45, 2.75) is 50.1 Å². The van der Waals surface area contributed by atoms with Gasteiger partial charge in [0.05, 0.1) is 17.2 Å². The van der Waals surface area contributed by atoms with Crippen LogP contribution in [-0.2, 0) is 27.7 Å². The smallest absolute Gasteiger partial charge is 0.264 e. The fourth-order valence-corrected chi connectivity index (χ4v) is 4.70. The number of hydroxylamine groups is 1. The maximum absolute atomic E-state index is 14.8. The predicted molar refractivity (Wildman–Crippen MR) is 129 cm³/mol. The minimum Gasteiger partial charge on any atom is -0.310 e. The normalized spacial score (nSPS) is 15.7. The van der Waals surface area contributed by atoms with Crippen molar-refractivity contribution >= 4 is 26.6 Å². The van der Waals surface area contributed by atoms with Gasteiger partial charge in [0.2, 0.25) is 0 Å². The topological polar surface area (TPSA) is 130 Å². The summed E-state index contributed by atoms with van der Waals surface area (Å²) >= 11 is 0. The number of benzene rings is 2. The lowest BCUT2D eigenvalue weighted by molar-refractivity contribution is -0.131. The lowest BCUT2D eigenvalue weighted by Crippen LogP contribution is -2.50. The number of aryl methyl sites for hydroxylation is 1. The molecule has 186 valence electrons. The summed E-state index contributed by atoms with van der Waals surface area (Å²) < 4.78 is 38.4. The van der Waals surface area contributed by atoms with Crippen LogP contribution in [0.2, 0.25) is 0 Å². The van der Waals surface area contributed by atoms with Gasteiger partial charge in [-0.25, -0.2) is 23.3 Å². The highest BCUT2D eigenvalue weighted by atomic mass is 32.2. The largest absolute Gasteiger partial charge is 0.310 e. The summed E-state index contributed by atoms with van der Waals surface area (Å²) in [7, 11) is -3.90. The maximum Gasteiger partial charge on any atom is 0.264 e. The molecule has 1 amide bonds. The second-order valence-electron chi connectivity index (χ2n) is 9.14. The number of hydrogen-bond donors (Lipinski definition) is 3. The van der Waals surface area contributed by atoms with Gasteiger partial charge >= 0.3 is 0 Å². The molecule has 35 heavy (non-hydrogen) atoms. The van der Waals surface area contributed by atoms with Gasteiger partial charge in [0.1, 0.15) is 5.82 Å². The first-order chi connectivity index (χ1) is 16.5. The molecule has 0 bridgehead atoms. The van der Waals surface area contributed by atoms with Crippen molar-refractivity contribution in [1.82, 2.24) is 20.3 Å². The number of rotatable bonds is 9. The number of carbonyl (C=O) groups is 1. The Labute approximate surface area is 201 Å². The van der Waals surface area contributed by atoms with Crippen LogP contribution in [0.15, 0.2) is 47.5 Å². The summed E-state index contributed by atoms with van der Waals surface area (Å²) in [6, 6.07) is 10.4. The zero-order chi connectivity index (χ0) is 25.4. The van der Waals surface area contributed by atoms with Crippen molar-refractivity contribution in [1.29, 1.82) is 0 Å². The van der Waals surface area contributed by atoms with E-state index in [4.69, 9.17) is 5.21 Å². The fourth-order valence-electron chi connectivity index (χ4n) is 3.86. The summed E-state index contributed by atoms with van der Waals surface area (Å²) in [5, 5.41) is 12.6. The van der Waals surface area contributed by atoms with E-state index in [1.54, 1.807) is 24.3 Å². The molecular formula is C24H27FN4O5S. The molecule has 1 aliphatic rings. The van der Waals surface area contributed by atoms with Crippen LogP contribution in [0.1, 0.15) is 31.7 Å². The highest BCUT2D eigenvalue weighted by Crippen LogP contribution is 2.27. The molecule has 11 heteroatoms. The first-order valence-corrected chi connectivity index (χ1v) is 13.1. The van der Waals surface area contributed by atoms with E-state index >= 15 is 0 Å². The van der Waals surface area contributed by atoms with Crippen LogP contribution in [-0.4, -0.2) is 46.1 Å². The van der Waals surface area contributed by atoms with Crippen LogP contribution in [0.3, 0.4) is 0 Å². The molecule has 1 aliphatic carbocycles. The number of fused-ring (bicyclic) bond motifs is 1. The van der Waals surface area contributed by atoms with Gasteiger partial charge in [-0.15, -0.1) is 0 Å². The van der Waals surface area contributed by atoms with Gasteiger partial charge in [-0.05, 0) is 55.5 Å². The molecule has 1 saturated carbocycles. The van der Waals surface area contributed by atoms with E-state index in [9.17, 15) is 22.4 Å². The molecule has 3 aromatic rings. The number of carbonyl (C=O) groups excluding carboxylic acids is 1. The zero-order valence-electron chi connectivity index (χ0n) is 19.4. The van der Waals surface area contributed by atoms with Gasteiger partial charge in [-0.2, -0.15) is 0 Å². The summed E-state index contributed by atoms with van der Waals surface area (Å²) in [5.74, 6) is -1.45. The third-order valence-corrected chi connectivity index (χ3v) is 8.60. The molecule has 1 aromatic heterocycles. The van der Waals surface area contributed by atoms with E-state index in [-0.39, 0.29) is 24.2 Å². The minimum absolute atomic E-state index is 0.120. The third kappa shape index (κ3) is 5.12. The summed E-state index contributed by atoms with van der Waals surface area (Å²) in [6.07, 6.45) is 4.21. The third-order valence-electron chi connectivity index (χ3n) is 6.57. The second-order valence-corrected chi connectivity index (χ2v) is 11.6. The number of halogens is 1. The number of hydrogen-bond acceptors (Lipinski definition) is 7. The zero-order valence-corrected chi connectivity index (χ0v) is 20.2. The van der Waals surface area contributed by atoms with Crippen LogP contribution < -0.4 is 16.4 Å². The number of sulfone groups is 1. The van der Waals surface area contributed by atoms with Crippen molar-refractivity contribution in [3.63, 3.8) is 0 Å². The standard InChI is InChI=1S/C24H27FN4O5S/c1-24(23(31)28-32,35(2,33)34)9-10-29-14-27-21-12-16(4-8-19(21)22(29)30)18-7-3-15(11-20(18)25)13-26-17-5-6-17/h3-4,7-8,11-12,14,17,26,32H,5-6,9-10,13H2,1-2H3,(H,28,31). The Bertz CT molecular complexity index is 1450. The molecule has 4 rings (SSSR count). The van der Waals surface area contributed by atoms with Gasteiger partial charge in [-0.1, -0.05) is 18.2 Å². The van der Waals surface area contributed by atoms with E-state index in [1.165, 1.54) is 29.4 Å². The van der Waals surface area contributed by atoms with E-state index in [1.807, 2.05) is 6.07 Å². The van der Waals surface area contributed by atoms with Crippen LogP contribution in [0.5, 0.6) is 0 Å². The molecule has 2 aromatic carbocycles. The Kier molecular flexibility index (Phi) is 6.76. The highest BCUT2D eigenvalue weighted by molar-refractivity contribution is 7.92. The number of aromatic nitrogens is 2. The van der Waals surface area contributed by atoms with Crippen molar-refractivity contribution < 1.29 is 22.8 Å². The lowest BCUT2D eigenvalue weighted by Gasteiger charge is -2.25. The van der Waals surface area contributed by atoms with E-state index < -0.39 is 26.1 Å². The van der Waals surface area contributed by atoms with Crippen LogP contribution >= 0.6 is 0 Å². The second kappa shape index (κ2) is 9.48. The molecule has 1 fully saturated rings. The molecule has 0 aliphatic heterocycles. The molecule has 0 saturated heterocycles. The Morgan fingerprint density at radius 1 is 1.26 bits per heavy atom. The average molecular weight is 503 g/mol. The van der Waals surface area contributed by atoms with Gasteiger partial charge in [0, 0.05) is 31.0 Å². The monoisotopic (exact) mass is 502 g/mol. The van der Waals surface area contributed by atoms with Crippen molar-refractivity contribution in [3.05, 3.63) is 64.5 Å². The van der Waals surface area contributed by atoms with Crippen molar-refractivity contribution in [3.8, 4) is 11.1 Å². The molecule has 1 heterocycles. The first-order valence-electron chi connectivity index (χ1n) is 11.2. The molecule has 0 radical (unpaired) electrons. The quantitative estimate of drug-likeness (QED) is 0.302. The molecule has 1 atom stereocenters. The van der Waals surface area contributed by atoms with Gasteiger partial charge in [0.15, 0.2) is 14.6 Å². The molecule has 9 nitrogen and oxygen atoms in total. The fraction of sp³-hybridized carbons (Fsp3) is 0.375. The van der Waals surface area contributed by atoms with E-state index in [2.05, 4.69) is 10.3 Å². The van der Waals surface area contributed by atoms with E-state index in [0.717, 1.165) is 24.7 Å². The average Bonchev–Trinajstić information content (AvgIpc) is 3.65. The highest BCUT2D eigenvalue weighted by Gasteiger charge is 2.43. The number of nitrogens with zero attached hydrogens (tertiary/aromatic N) is 2. The summed E-state index contributed by atoms with van der Waals surface area (Å²) in [4.78, 5) is 29.3. The van der Waals surface area contributed by atoms with Gasteiger partial charge < -0.3 is 5.32 Å². The maximum atomic E-state index is 14.8. The minimum atomic E-state index is -3.90. The van der Waals surface area contributed by atoms with Gasteiger partial charge in [-0.3, -0.25) is 19.4 Å². The summed E-state index contributed by atoms with van der Waals surface area (Å²) in [5.41, 5.74) is 3.14. The molecule has 1 unspecified atom stereocenters. The Morgan fingerprint density at radius 3 is 2.63 bits per heavy atom. The summed E-state index contributed by atoms with van der Waals surface area (Å²) in [6.45, 7) is 1.67. The SMILES string of the molecule is CC(CCn1cnc2cc(-c3ccc(CNC4CC4)cc3F)ccc2c1=O)(C(=O)NO)S(C)(=O)=O. The first kappa shape index (κ1) is 25.0. The Balaban J connectivity index is 1.58. The van der Waals surface area contributed by atoms with Crippen LogP contribution in [0.4, 0.5) is 4.39 Å². The molecule has 0 spiro atoms. The molecular weight excluding hydrogens is 475 g/mol. The Hall–Kier alpha value is -3.15. The number of amides is 1. The van der Waals surface area contributed by atoms with Crippen molar-refractivity contribution in [2.24, 2.45) is 0 Å². The molecule has 3 N–H and O–H groups in total. The van der Waals surface area contributed by atoms with Crippen LogP contribution in [0, 0.1) is 5.82 Å². The van der Waals surface area contributed by atoms with Crippen molar-refractivity contribution in [2.75, 3.05) is 6.26 Å². The predicted octanol–water partition coefficient (Wildman–Crippen LogP) is 2.15. The van der Waals surface area contributed by atoms with E-state index in [0.29, 0.717) is 29.2 Å².